The molecule has 2 heterocycles. The zero-order valence-electron chi connectivity index (χ0n) is 17.0. The Morgan fingerprint density at radius 3 is 2.45 bits per heavy atom. The van der Waals surface area contributed by atoms with Gasteiger partial charge in [0.05, 0.1) is 12.1 Å². The van der Waals surface area contributed by atoms with Gasteiger partial charge in [0.2, 0.25) is 5.91 Å². The molecule has 1 aliphatic heterocycles. The highest BCUT2D eigenvalue weighted by molar-refractivity contribution is 7.09. The van der Waals surface area contributed by atoms with Crippen molar-refractivity contribution in [1.29, 1.82) is 0 Å². The third-order valence-corrected chi connectivity index (χ3v) is 5.92. The highest BCUT2D eigenvalue weighted by Gasteiger charge is 2.30. The summed E-state index contributed by atoms with van der Waals surface area (Å²) in [6, 6.07) is 8.78. The molecule has 10 heteroatoms. The highest BCUT2D eigenvalue weighted by Crippen LogP contribution is 2.29. The lowest BCUT2D eigenvalue weighted by atomic mass is 10.1. The van der Waals surface area contributed by atoms with E-state index in [4.69, 9.17) is 0 Å². The van der Waals surface area contributed by atoms with Gasteiger partial charge in [-0.05, 0) is 29.5 Å². The molecule has 0 unspecified atom stereocenters. The van der Waals surface area contributed by atoms with Gasteiger partial charge in [0.15, 0.2) is 0 Å². The third-order valence-electron chi connectivity index (χ3n) is 4.98. The second-order valence-corrected chi connectivity index (χ2v) is 8.42. The average Bonchev–Trinajstić information content (AvgIpc) is 3.22. The molecule has 0 radical (unpaired) electrons. The maximum absolute atomic E-state index is 12.9. The van der Waals surface area contributed by atoms with E-state index in [2.05, 4.69) is 15.5 Å². The van der Waals surface area contributed by atoms with E-state index in [0.29, 0.717) is 51.3 Å². The Morgan fingerprint density at radius 2 is 1.77 bits per heavy atom. The number of hydrogen-bond acceptors (Lipinski definition) is 5. The van der Waals surface area contributed by atoms with Gasteiger partial charge >= 0.3 is 12.2 Å². The summed E-state index contributed by atoms with van der Waals surface area (Å²) >= 11 is 1.61. The predicted molar refractivity (Wildman–Crippen MR) is 113 cm³/mol. The summed E-state index contributed by atoms with van der Waals surface area (Å²) in [7, 11) is 0. The molecule has 3 amide bonds. The van der Waals surface area contributed by atoms with Crippen LogP contribution in [-0.2, 0) is 23.9 Å². The van der Waals surface area contributed by atoms with Gasteiger partial charge < -0.3 is 5.32 Å². The molecule has 1 aromatic carbocycles. The van der Waals surface area contributed by atoms with Crippen LogP contribution in [0.5, 0.6) is 0 Å². The Morgan fingerprint density at radius 1 is 1.03 bits per heavy atom. The van der Waals surface area contributed by atoms with Gasteiger partial charge in [0, 0.05) is 44.1 Å². The highest BCUT2D eigenvalue weighted by atomic mass is 32.1. The van der Waals surface area contributed by atoms with Gasteiger partial charge in [0.1, 0.15) is 0 Å². The van der Waals surface area contributed by atoms with E-state index in [-0.39, 0.29) is 12.5 Å². The SMILES string of the molecule is O=C(CN1CCN(Cc2cccc(C(F)(F)F)c2)CC1)NC(=O)NCCc1cccs1. The number of imide groups is 1. The first kappa shape index (κ1) is 23.2. The molecule has 0 spiro atoms. The van der Waals surface area contributed by atoms with Gasteiger partial charge in [-0.3, -0.25) is 19.9 Å². The number of alkyl halides is 3. The molecule has 2 aromatic rings. The molecule has 3 rings (SSSR count). The normalized spacial score (nSPS) is 15.6. The minimum absolute atomic E-state index is 0.107. The first-order valence-electron chi connectivity index (χ1n) is 10.0. The largest absolute Gasteiger partial charge is 0.416 e. The number of carbonyl (C=O) groups excluding carboxylic acids is 2. The predicted octanol–water partition coefficient (Wildman–Crippen LogP) is 2.95. The molecule has 0 saturated carbocycles. The number of benzene rings is 1. The van der Waals surface area contributed by atoms with E-state index < -0.39 is 17.8 Å². The number of urea groups is 1. The van der Waals surface area contributed by atoms with Crippen molar-refractivity contribution < 1.29 is 22.8 Å². The van der Waals surface area contributed by atoms with Crippen molar-refractivity contribution >= 4 is 23.3 Å². The minimum Gasteiger partial charge on any atom is -0.337 e. The molecule has 0 bridgehead atoms. The van der Waals surface area contributed by atoms with E-state index in [1.165, 1.54) is 12.1 Å². The van der Waals surface area contributed by atoms with Crippen LogP contribution in [0.2, 0.25) is 0 Å². The molecule has 0 aliphatic carbocycles. The summed E-state index contributed by atoms with van der Waals surface area (Å²) < 4.78 is 38.6. The second-order valence-electron chi connectivity index (χ2n) is 7.38. The van der Waals surface area contributed by atoms with E-state index in [1.807, 2.05) is 22.4 Å². The molecule has 6 nitrogen and oxygen atoms in total. The Kier molecular flexibility index (Phi) is 8.05. The van der Waals surface area contributed by atoms with Crippen LogP contribution >= 0.6 is 11.3 Å². The smallest absolute Gasteiger partial charge is 0.337 e. The van der Waals surface area contributed by atoms with E-state index in [0.717, 1.165) is 10.9 Å². The quantitative estimate of drug-likeness (QED) is 0.675. The number of rotatable bonds is 7. The van der Waals surface area contributed by atoms with Gasteiger partial charge in [0.25, 0.3) is 0 Å². The minimum atomic E-state index is -4.35. The molecular weight excluding hydrogens is 429 g/mol. The number of hydrogen-bond donors (Lipinski definition) is 2. The van der Waals surface area contributed by atoms with Gasteiger partial charge in [-0.1, -0.05) is 24.3 Å². The van der Waals surface area contributed by atoms with Crippen molar-refractivity contribution in [1.82, 2.24) is 20.4 Å². The lowest BCUT2D eigenvalue weighted by Crippen LogP contribution is -2.50. The molecular formula is C21H25F3N4O2S. The van der Waals surface area contributed by atoms with Crippen molar-refractivity contribution in [3.63, 3.8) is 0 Å². The number of halogens is 3. The first-order valence-corrected chi connectivity index (χ1v) is 10.9. The Balaban J connectivity index is 1.35. The van der Waals surface area contributed by atoms with Crippen LogP contribution in [-0.4, -0.2) is 61.0 Å². The fraction of sp³-hybridized carbons (Fsp3) is 0.429. The lowest BCUT2D eigenvalue weighted by molar-refractivity contribution is -0.137. The summed E-state index contributed by atoms with van der Waals surface area (Å²) in [6.07, 6.45) is -3.63. The van der Waals surface area contributed by atoms with Crippen LogP contribution in [0.3, 0.4) is 0 Å². The van der Waals surface area contributed by atoms with Crippen molar-refractivity contribution in [2.45, 2.75) is 19.1 Å². The average molecular weight is 455 g/mol. The number of amides is 3. The Bertz CT molecular complexity index is 866. The number of thiophene rings is 1. The number of piperazine rings is 1. The van der Waals surface area contributed by atoms with Crippen LogP contribution in [0.25, 0.3) is 0 Å². The first-order chi connectivity index (χ1) is 14.8. The van der Waals surface area contributed by atoms with Crippen LogP contribution in [0.1, 0.15) is 16.0 Å². The van der Waals surface area contributed by atoms with Crippen molar-refractivity contribution in [2.24, 2.45) is 0 Å². The summed E-state index contributed by atoms with van der Waals surface area (Å²) in [6.45, 7) is 3.46. The summed E-state index contributed by atoms with van der Waals surface area (Å²) in [5.41, 5.74) is -0.0331. The van der Waals surface area contributed by atoms with Gasteiger partial charge in [-0.2, -0.15) is 13.2 Å². The summed E-state index contributed by atoms with van der Waals surface area (Å²) in [4.78, 5) is 29.1. The summed E-state index contributed by atoms with van der Waals surface area (Å²) in [5, 5.41) is 6.97. The Hall–Kier alpha value is -2.43. The van der Waals surface area contributed by atoms with Crippen LogP contribution in [0.15, 0.2) is 41.8 Å². The molecule has 1 aliphatic rings. The molecule has 31 heavy (non-hydrogen) atoms. The van der Waals surface area contributed by atoms with E-state index in [1.54, 1.807) is 17.4 Å². The second kappa shape index (κ2) is 10.7. The van der Waals surface area contributed by atoms with Gasteiger partial charge in [-0.15, -0.1) is 11.3 Å². The lowest BCUT2D eigenvalue weighted by Gasteiger charge is -2.34. The van der Waals surface area contributed by atoms with Gasteiger partial charge in [-0.25, -0.2) is 4.79 Å². The molecule has 1 fully saturated rings. The molecule has 0 atom stereocenters. The molecule has 168 valence electrons. The summed E-state index contributed by atoms with van der Waals surface area (Å²) in [5.74, 6) is -0.375. The fourth-order valence-electron chi connectivity index (χ4n) is 3.38. The maximum atomic E-state index is 12.9. The van der Waals surface area contributed by atoms with Crippen molar-refractivity contribution in [3.05, 3.63) is 57.8 Å². The Labute approximate surface area is 183 Å². The number of carbonyl (C=O) groups is 2. The van der Waals surface area contributed by atoms with Crippen molar-refractivity contribution in [2.75, 3.05) is 39.3 Å². The number of nitrogens with one attached hydrogen (secondary N) is 2. The van der Waals surface area contributed by atoms with E-state index in [9.17, 15) is 22.8 Å². The van der Waals surface area contributed by atoms with Crippen LogP contribution < -0.4 is 10.6 Å². The van der Waals surface area contributed by atoms with Crippen LogP contribution in [0, 0.1) is 0 Å². The van der Waals surface area contributed by atoms with Crippen LogP contribution in [0.4, 0.5) is 18.0 Å². The fourth-order valence-corrected chi connectivity index (χ4v) is 4.09. The molecule has 1 aromatic heterocycles. The topological polar surface area (TPSA) is 64.7 Å². The van der Waals surface area contributed by atoms with Crippen molar-refractivity contribution in [3.8, 4) is 0 Å². The molecule has 2 N–H and O–H groups in total. The zero-order chi connectivity index (χ0) is 22.3. The standard InChI is InChI=1S/C21H25F3N4O2S/c22-21(23,24)17-4-1-3-16(13-17)14-27-8-10-28(11-9-27)15-19(29)26-20(30)25-7-6-18-5-2-12-31-18/h1-5,12-13H,6-11,14-15H2,(H2,25,26,29,30). The third kappa shape index (κ3) is 7.64. The zero-order valence-corrected chi connectivity index (χ0v) is 17.8. The monoisotopic (exact) mass is 454 g/mol. The van der Waals surface area contributed by atoms with E-state index >= 15 is 0 Å². The number of nitrogens with zero attached hydrogens (tertiary/aromatic N) is 2. The maximum Gasteiger partial charge on any atom is 0.416 e. The molecule has 1 saturated heterocycles.